The van der Waals surface area contributed by atoms with Crippen molar-refractivity contribution in [2.45, 2.75) is 0 Å². The molecule has 1 heterocycles. The molecule has 1 aliphatic rings. The molecular weight excluding hydrogens is 208 g/mol. The third-order valence-electron chi connectivity index (χ3n) is 2.27. The summed E-state index contributed by atoms with van der Waals surface area (Å²) in [6, 6.07) is 0. The summed E-state index contributed by atoms with van der Waals surface area (Å²) in [5.41, 5.74) is 0. The number of hydrogen-bond donors (Lipinski definition) is 2. The number of aliphatic hydroxyl groups excluding tert-OH is 1. The van der Waals surface area contributed by atoms with E-state index in [0.717, 1.165) is 13.1 Å². The van der Waals surface area contributed by atoms with E-state index in [4.69, 9.17) is 9.84 Å². The number of aliphatic hydroxyl groups is 1. The Hall–Kier alpha value is 0.0900. The molecule has 0 bridgehead atoms. The van der Waals surface area contributed by atoms with Gasteiger partial charge in [0, 0.05) is 13.1 Å². The molecular formula is C8H19ClN2O3. The zero-order chi connectivity index (χ0) is 9.57. The van der Waals surface area contributed by atoms with Crippen LogP contribution in [0, 0.1) is 5.21 Å². The molecule has 86 valence electrons. The van der Waals surface area contributed by atoms with Crippen LogP contribution in [0.1, 0.15) is 0 Å². The fraction of sp³-hybridized carbons (Fsp3) is 1.00. The number of piperazine rings is 1. The molecule has 5 nitrogen and oxygen atoms in total. The zero-order valence-electron chi connectivity index (χ0n) is 8.28. The molecule has 6 heteroatoms. The van der Waals surface area contributed by atoms with E-state index in [-0.39, 0.29) is 23.7 Å². The highest BCUT2D eigenvalue weighted by molar-refractivity contribution is 5.85. The van der Waals surface area contributed by atoms with Crippen LogP contribution in [0.2, 0.25) is 0 Å². The minimum Gasteiger partial charge on any atom is -0.633 e. The number of hydrogen-bond acceptors (Lipinski definition) is 4. The number of halogens is 1. The van der Waals surface area contributed by atoms with E-state index >= 15 is 0 Å². The predicted octanol–water partition coefficient (Wildman–Crippen LogP) is -0.665. The van der Waals surface area contributed by atoms with Gasteiger partial charge in [-0.1, -0.05) is 0 Å². The Balaban J connectivity index is 0.00000169. The van der Waals surface area contributed by atoms with E-state index in [1.807, 2.05) is 0 Å². The minimum atomic E-state index is -0.154. The van der Waals surface area contributed by atoms with Crippen molar-refractivity contribution < 1.29 is 14.5 Å². The Morgan fingerprint density at radius 3 is 2.50 bits per heavy atom. The van der Waals surface area contributed by atoms with E-state index in [0.29, 0.717) is 32.8 Å². The van der Waals surface area contributed by atoms with Crippen LogP contribution < -0.4 is 5.32 Å². The first-order valence-corrected chi connectivity index (χ1v) is 4.73. The van der Waals surface area contributed by atoms with Crippen molar-refractivity contribution >= 4 is 12.4 Å². The van der Waals surface area contributed by atoms with E-state index < -0.39 is 0 Å². The third kappa shape index (κ3) is 5.09. The topological polar surface area (TPSA) is 64.5 Å². The maximum atomic E-state index is 11.8. The fourth-order valence-electron chi connectivity index (χ4n) is 1.42. The molecule has 2 N–H and O–H groups in total. The average molecular weight is 227 g/mol. The zero-order valence-corrected chi connectivity index (χ0v) is 9.09. The second kappa shape index (κ2) is 7.39. The summed E-state index contributed by atoms with van der Waals surface area (Å²) in [5.74, 6) is 0. The Morgan fingerprint density at radius 2 is 1.93 bits per heavy atom. The van der Waals surface area contributed by atoms with Crippen LogP contribution in [-0.4, -0.2) is 62.3 Å². The monoisotopic (exact) mass is 226 g/mol. The molecule has 1 aliphatic heterocycles. The second-order valence-electron chi connectivity index (χ2n) is 3.31. The van der Waals surface area contributed by atoms with Crippen LogP contribution in [0.25, 0.3) is 0 Å². The lowest BCUT2D eigenvalue weighted by Gasteiger charge is -2.45. The van der Waals surface area contributed by atoms with Gasteiger partial charge in [-0.15, -0.1) is 12.4 Å². The number of ether oxygens (including phenoxy) is 1. The van der Waals surface area contributed by atoms with Gasteiger partial charge in [0.2, 0.25) is 0 Å². The second-order valence-corrected chi connectivity index (χ2v) is 3.31. The molecule has 14 heavy (non-hydrogen) atoms. The molecule has 1 rings (SSSR count). The number of quaternary nitrogens is 1. The van der Waals surface area contributed by atoms with Crippen LogP contribution in [0.3, 0.4) is 0 Å². The molecule has 0 spiro atoms. The van der Waals surface area contributed by atoms with Gasteiger partial charge in [-0.25, -0.2) is 0 Å². The maximum Gasteiger partial charge on any atom is 0.102 e. The van der Waals surface area contributed by atoms with Crippen LogP contribution >= 0.6 is 12.4 Å². The van der Waals surface area contributed by atoms with Gasteiger partial charge in [-0.3, -0.25) is 0 Å². The molecule has 1 fully saturated rings. The summed E-state index contributed by atoms with van der Waals surface area (Å²) in [6.07, 6.45) is 0. The number of hydroxylamine groups is 3. The van der Waals surface area contributed by atoms with Gasteiger partial charge in [0.15, 0.2) is 0 Å². The lowest BCUT2D eigenvalue weighted by molar-refractivity contribution is -0.882. The molecule has 0 amide bonds. The maximum absolute atomic E-state index is 11.8. The lowest BCUT2D eigenvalue weighted by Crippen LogP contribution is -2.55. The van der Waals surface area contributed by atoms with Crippen molar-refractivity contribution in [2.75, 3.05) is 52.5 Å². The first-order chi connectivity index (χ1) is 6.27. The molecule has 0 aromatic rings. The highest BCUT2D eigenvalue weighted by Crippen LogP contribution is 2.05. The molecule has 0 aromatic heterocycles. The SMILES string of the molecule is Cl.[O-][N+]1(CCOCCO)CCNCC1. The third-order valence-corrected chi connectivity index (χ3v) is 2.27. The number of nitrogens with one attached hydrogen (secondary N) is 1. The Labute approximate surface area is 90.6 Å². The average Bonchev–Trinajstić information content (AvgIpc) is 2.14. The summed E-state index contributed by atoms with van der Waals surface area (Å²) < 4.78 is 4.91. The minimum absolute atomic E-state index is 0. The summed E-state index contributed by atoms with van der Waals surface area (Å²) in [6.45, 7) is 4.16. The molecule has 0 unspecified atom stereocenters. The van der Waals surface area contributed by atoms with E-state index in [9.17, 15) is 5.21 Å². The number of nitrogens with zero attached hydrogens (tertiary/aromatic N) is 1. The van der Waals surface area contributed by atoms with E-state index in [2.05, 4.69) is 5.32 Å². The van der Waals surface area contributed by atoms with Crippen molar-refractivity contribution in [1.82, 2.24) is 5.32 Å². The molecule has 0 aliphatic carbocycles. The molecule has 0 radical (unpaired) electrons. The normalized spacial score (nSPS) is 20.1. The van der Waals surface area contributed by atoms with Crippen LogP contribution in [0.15, 0.2) is 0 Å². The lowest BCUT2D eigenvalue weighted by atomic mass is 10.3. The molecule has 0 saturated carbocycles. The van der Waals surface area contributed by atoms with Crippen LogP contribution in [-0.2, 0) is 4.74 Å². The standard InChI is InChI=1S/C8H18N2O3.ClH/c11-6-8-13-7-5-10(12)3-1-9-2-4-10;/h9,11H,1-8H2;1H. The van der Waals surface area contributed by atoms with Gasteiger partial charge in [-0.2, -0.15) is 0 Å². The Morgan fingerprint density at radius 1 is 1.29 bits per heavy atom. The van der Waals surface area contributed by atoms with Crippen LogP contribution in [0.4, 0.5) is 0 Å². The number of rotatable bonds is 5. The van der Waals surface area contributed by atoms with Crippen molar-refractivity contribution in [3.8, 4) is 0 Å². The quantitative estimate of drug-likeness (QED) is 0.371. The van der Waals surface area contributed by atoms with Crippen molar-refractivity contribution in [3.63, 3.8) is 0 Å². The molecule has 0 aromatic carbocycles. The predicted molar refractivity (Wildman–Crippen MR) is 56.3 cm³/mol. The highest BCUT2D eigenvalue weighted by Gasteiger charge is 2.19. The van der Waals surface area contributed by atoms with Gasteiger partial charge in [0.05, 0.1) is 32.9 Å². The Bertz CT molecular complexity index is 143. The Kier molecular flexibility index (Phi) is 7.44. The van der Waals surface area contributed by atoms with Crippen molar-refractivity contribution in [2.24, 2.45) is 0 Å². The largest absolute Gasteiger partial charge is 0.633 e. The summed E-state index contributed by atoms with van der Waals surface area (Å²) >= 11 is 0. The van der Waals surface area contributed by atoms with Crippen molar-refractivity contribution in [1.29, 1.82) is 0 Å². The highest BCUT2D eigenvalue weighted by atomic mass is 35.5. The van der Waals surface area contributed by atoms with Gasteiger partial charge in [-0.05, 0) is 0 Å². The van der Waals surface area contributed by atoms with Crippen LogP contribution in [0.5, 0.6) is 0 Å². The summed E-state index contributed by atoms with van der Waals surface area (Å²) in [4.78, 5) is 0. The first-order valence-electron chi connectivity index (χ1n) is 4.73. The van der Waals surface area contributed by atoms with Gasteiger partial charge >= 0.3 is 0 Å². The summed E-state index contributed by atoms with van der Waals surface area (Å²) in [7, 11) is 0. The fourth-order valence-corrected chi connectivity index (χ4v) is 1.42. The summed E-state index contributed by atoms with van der Waals surface area (Å²) in [5, 5.41) is 23.4. The first kappa shape index (κ1) is 14.1. The van der Waals surface area contributed by atoms with Gasteiger partial charge < -0.3 is 25.0 Å². The van der Waals surface area contributed by atoms with Crippen molar-refractivity contribution in [3.05, 3.63) is 5.21 Å². The van der Waals surface area contributed by atoms with Gasteiger partial charge in [0.25, 0.3) is 0 Å². The molecule has 1 saturated heterocycles. The smallest absolute Gasteiger partial charge is 0.102 e. The van der Waals surface area contributed by atoms with Gasteiger partial charge in [0.1, 0.15) is 6.54 Å². The molecule has 0 atom stereocenters. The van der Waals surface area contributed by atoms with E-state index in [1.165, 1.54) is 0 Å². The van der Waals surface area contributed by atoms with E-state index in [1.54, 1.807) is 0 Å².